The minimum atomic E-state index is 0.450. The number of benzene rings is 2. The lowest BCUT2D eigenvalue weighted by molar-refractivity contribution is 0.340. The highest BCUT2D eigenvalue weighted by Crippen LogP contribution is 2.11. The van der Waals surface area contributed by atoms with Gasteiger partial charge in [-0.3, -0.25) is 5.43 Å². The summed E-state index contributed by atoms with van der Waals surface area (Å²) in [5, 5.41) is 7.63. The van der Waals surface area contributed by atoms with E-state index in [2.05, 4.69) is 15.8 Å². The highest BCUT2D eigenvalue weighted by Gasteiger charge is 1.96. The number of hydrazone groups is 1. The Balaban J connectivity index is 1.83. The summed E-state index contributed by atoms with van der Waals surface area (Å²) in [7, 11) is 0. The molecule has 2 aromatic carbocycles. The van der Waals surface area contributed by atoms with Gasteiger partial charge in [0.05, 0.1) is 12.8 Å². The number of nitrogens with one attached hydrogen (secondary N) is 2. The van der Waals surface area contributed by atoms with Crippen LogP contribution in [0, 0.1) is 6.92 Å². The van der Waals surface area contributed by atoms with Gasteiger partial charge in [-0.2, -0.15) is 5.10 Å². The fourth-order valence-electron chi connectivity index (χ4n) is 1.78. The average molecular weight is 313 g/mol. The van der Waals surface area contributed by atoms with Crippen molar-refractivity contribution in [2.24, 2.45) is 5.10 Å². The maximum absolute atomic E-state index is 5.39. The number of aryl methyl sites for hydroxylation is 1. The van der Waals surface area contributed by atoms with Crippen LogP contribution in [-0.2, 0) is 0 Å². The fraction of sp³-hybridized carbons (Fsp3) is 0.176. The zero-order valence-electron chi connectivity index (χ0n) is 12.7. The molecule has 2 aromatic rings. The lowest BCUT2D eigenvalue weighted by Crippen LogP contribution is -2.23. The first-order chi connectivity index (χ1) is 10.7. The molecular weight excluding hydrogens is 294 g/mol. The monoisotopic (exact) mass is 313 g/mol. The Morgan fingerprint density at radius 3 is 2.45 bits per heavy atom. The molecule has 4 nitrogen and oxygen atoms in total. The van der Waals surface area contributed by atoms with Crippen LogP contribution in [0.4, 0.5) is 5.69 Å². The zero-order valence-corrected chi connectivity index (χ0v) is 13.5. The van der Waals surface area contributed by atoms with Crippen molar-refractivity contribution in [2.45, 2.75) is 13.8 Å². The van der Waals surface area contributed by atoms with Crippen LogP contribution in [0.5, 0.6) is 5.75 Å². The summed E-state index contributed by atoms with van der Waals surface area (Å²) in [5.74, 6) is 0.851. The second-order valence-corrected chi connectivity index (χ2v) is 5.10. The van der Waals surface area contributed by atoms with Gasteiger partial charge < -0.3 is 10.1 Å². The highest BCUT2D eigenvalue weighted by molar-refractivity contribution is 7.80. The Morgan fingerprint density at radius 1 is 1.14 bits per heavy atom. The van der Waals surface area contributed by atoms with Gasteiger partial charge in [-0.25, -0.2) is 0 Å². The molecule has 0 aliphatic heterocycles. The Morgan fingerprint density at radius 2 is 1.82 bits per heavy atom. The number of ether oxygens (including phenoxy) is 1. The molecule has 0 aromatic heterocycles. The first-order valence-electron chi connectivity index (χ1n) is 7.07. The van der Waals surface area contributed by atoms with Gasteiger partial charge in [0.25, 0.3) is 0 Å². The lowest BCUT2D eigenvalue weighted by Gasteiger charge is -2.07. The number of hydrogen-bond acceptors (Lipinski definition) is 3. The Kier molecular flexibility index (Phi) is 5.91. The van der Waals surface area contributed by atoms with Crippen molar-refractivity contribution in [3.05, 3.63) is 59.7 Å². The standard InChI is InChI=1S/C17H19N3OS/c1-3-21-16-10-6-14(7-11-16)12-18-20-17(22)19-15-8-4-13(2)5-9-15/h4-12H,3H2,1-2H3,(H2,19,20,22)/b18-12-. The number of hydrogen-bond donors (Lipinski definition) is 2. The average Bonchev–Trinajstić information content (AvgIpc) is 2.52. The second-order valence-electron chi connectivity index (χ2n) is 4.69. The molecular formula is C17H19N3OS. The Labute approximate surface area is 136 Å². The van der Waals surface area contributed by atoms with E-state index < -0.39 is 0 Å². The minimum Gasteiger partial charge on any atom is -0.494 e. The van der Waals surface area contributed by atoms with E-state index in [-0.39, 0.29) is 0 Å². The zero-order chi connectivity index (χ0) is 15.8. The third-order valence-corrected chi connectivity index (χ3v) is 3.07. The maximum atomic E-state index is 5.39. The number of nitrogens with zero attached hydrogens (tertiary/aromatic N) is 1. The first kappa shape index (κ1) is 16.0. The predicted molar refractivity (Wildman–Crippen MR) is 95.7 cm³/mol. The molecule has 0 bridgehead atoms. The van der Waals surface area contributed by atoms with E-state index in [0.717, 1.165) is 17.0 Å². The first-order valence-corrected chi connectivity index (χ1v) is 7.48. The van der Waals surface area contributed by atoms with Crippen LogP contribution in [-0.4, -0.2) is 17.9 Å². The second kappa shape index (κ2) is 8.14. The predicted octanol–water partition coefficient (Wildman–Crippen LogP) is 3.71. The molecule has 0 unspecified atom stereocenters. The fourth-order valence-corrected chi connectivity index (χ4v) is 1.95. The van der Waals surface area contributed by atoms with Gasteiger partial charge in [-0.1, -0.05) is 17.7 Å². The van der Waals surface area contributed by atoms with Crippen molar-refractivity contribution in [1.82, 2.24) is 5.43 Å². The largest absolute Gasteiger partial charge is 0.494 e. The molecule has 0 atom stereocenters. The van der Waals surface area contributed by atoms with Crippen molar-refractivity contribution < 1.29 is 4.74 Å². The number of anilines is 1. The molecule has 2 N–H and O–H groups in total. The number of thiocarbonyl (C=S) groups is 1. The van der Waals surface area contributed by atoms with Crippen LogP contribution in [0.3, 0.4) is 0 Å². The summed E-state index contributed by atoms with van der Waals surface area (Å²) >= 11 is 5.18. The molecule has 0 heterocycles. The van der Waals surface area contributed by atoms with Crippen molar-refractivity contribution in [2.75, 3.05) is 11.9 Å². The van der Waals surface area contributed by atoms with E-state index >= 15 is 0 Å². The van der Waals surface area contributed by atoms with Gasteiger partial charge in [-0.15, -0.1) is 0 Å². The minimum absolute atomic E-state index is 0.450. The van der Waals surface area contributed by atoms with E-state index in [0.29, 0.717) is 11.7 Å². The van der Waals surface area contributed by atoms with Crippen LogP contribution in [0.2, 0.25) is 0 Å². The molecule has 0 aliphatic carbocycles. The SMILES string of the molecule is CCOc1ccc(/C=N\NC(=S)Nc2ccc(C)cc2)cc1. The topological polar surface area (TPSA) is 45.6 Å². The van der Waals surface area contributed by atoms with E-state index in [4.69, 9.17) is 17.0 Å². The van der Waals surface area contributed by atoms with Gasteiger partial charge >= 0.3 is 0 Å². The Hall–Kier alpha value is -2.40. The molecule has 0 spiro atoms. The molecule has 0 fully saturated rings. The van der Waals surface area contributed by atoms with Crippen molar-refractivity contribution in [3.63, 3.8) is 0 Å². The molecule has 0 radical (unpaired) electrons. The maximum Gasteiger partial charge on any atom is 0.191 e. The molecule has 2 rings (SSSR count). The third-order valence-electron chi connectivity index (χ3n) is 2.88. The summed E-state index contributed by atoms with van der Waals surface area (Å²) in [6, 6.07) is 15.7. The summed E-state index contributed by atoms with van der Waals surface area (Å²) in [4.78, 5) is 0. The summed E-state index contributed by atoms with van der Waals surface area (Å²) in [6.07, 6.45) is 1.71. The summed E-state index contributed by atoms with van der Waals surface area (Å²) < 4.78 is 5.39. The third kappa shape index (κ3) is 5.18. The molecule has 22 heavy (non-hydrogen) atoms. The van der Waals surface area contributed by atoms with Gasteiger partial charge in [0, 0.05) is 5.69 Å². The number of rotatable bonds is 5. The van der Waals surface area contributed by atoms with Crippen molar-refractivity contribution >= 4 is 29.2 Å². The lowest BCUT2D eigenvalue weighted by atomic mass is 10.2. The smallest absolute Gasteiger partial charge is 0.191 e. The summed E-state index contributed by atoms with van der Waals surface area (Å²) in [5.41, 5.74) is 5.90. The quantitative estimate of drug-likeness (QED) is 0.502. The molecule has 0 saturated carbocycles. The van der Waals surface area contributed by atoms with Crippen LogP contribution < -0.4 is 15.5 Å². The normalized spacial score (nSPS) is 10.5. The molecule has 0 saturated heterocycles. The van der Waals surface area contributed by atoms with Gasteiger partial charge in [-0.05, 0) is 68.0 Å². The van der Waals surface area contributed by atoms with Crippen LogP contribution in [0.15, 0.2) is 53.6 Å². The Bertz CT molecular complexity index is 636. The molecule has 0 amide bonds. The van der Waals surface area contributed by atoms with Crippen LogP contribution in [0.25, 0.3) is 0 Å². The molecule has 114 valence electrons. The molecule has 5 heteroatoms. The summed E-state index contributed by atoms with van der Waals surface area (Å²) in [6.45, 7) is 4.66. The van der Waals surface area contributed by atoms with Gasteiger partial charge in [0.15, 0.2) is 5.11 Å². The van der Waals surface area contributed by atoms with Gasteiger partial charge in [0.2, 0.25) is 0 Å². The van der Waals surface area contributed by atoms with Crippen molar-refractivity contribution in [1.29, 1.82) is 0 Å². The van der Waals surface area contributed by atoms with Crippen molar-refractivity contribution in [3.8, 4) is 5.75 Å². The van der Waals surface area contributed by atoms with E-state index in [1.54, 1.807) is 6.21 Å². The van der Waals surface area contributed by atoms with Crippen LogP contribution in [0.1, 0.15) is 18.1 Å². The van der Waals surface area contributed by atoms with Crippen LogP contribution >= 0.6 is 12.2 Å². The highest BCUT2D eigenvalue weighted by atomic mass is 32.1. The molecule has 0 aliphatic rings. The van der Waals surface area contributed by atoms with Gasteiger partial charge in [0.1, 0.15) is 5.75 Å². The van der Waals surface area contributed by atoms with E-state index in [9.17, 15) is 0 Å². The van der Waals surface area contributed by atoms with E-state index in [1.807, 2.05) is 62.4 Å². The van der Waals surface area contributed by atoms with E-state index in [1.165, 1.54) is 5.56 Å².